The van der Waals surface area contributed by atoms with E-state index in [9.17, 15) is 0 Å². The van der Waals surface area contributed by atoms with Gasteiger partial charge in [-0.3, -0.25) is 0 Å². The van der Waals surface area contributed by atoms with Gasteiger partial charge in [0, 0.05) is 0 Å². The molecule has 0 aliphatic rings. The van der Waals surface area contributed by atoms with E-state index in [-0.39, 0.29) is 10.8 Å². The first kappa shape index (κ1) is 25.4. The lowest BCUT2D eigenvalue weighted by molar-refractivity contribution is 0.584. The standard InChI is InChI=1S/C32H36OSi2/c1-31(2,3)27-21-13-15-23-29(27)34(25-17-9-7-10-18-25)33-35(26-19-11-8-12-20-26)30-24-16-14-22-28(30)32(4,5)6/h7-24H,1-6H3. The summed E-state index contributed by atoms with van der Waals surface area (Å²) < 4.78 is 7.47. The van der Waals surface area contributed by atoms with Gasteiger partial charge in [0.2, 0.25) is 0 Å². The van der Waals surface area contributed by atoms with Gasteiger partial charge in [-0.15, -0.1) is 0 Å². The summed E-state index contributed by atoms with van der Waals surface area (Å²) >= 11 is 0. The molecule has 0 heterocycles. The highest BCUT2D eigenvalue weighted by atomic mass is 28.4. The van der Waals surface area contributed by atoms with Crippen molar-refractivity contribution in [2.24, 2.45) is 0 Å². The quantitative estimate of drug-likeness (QED) is 0.336. The van der Waals surface area contributed by atoms with Crippen molar-refractivity contribution in [2.45, 2.75) is 52.4 Å². The van der Waals surface area contributed by atoms with Crippen LogP contribution in [0.1, 0.15) is 52.7 Å². The summed E-state index contributed by atoms with van der Waals surface area (Å²) in [5, 5.41) is 5.28. The summed E-state index contributed by atoms with van der Waals surface area (Å²) in [4.78, 5) is 0. The minimum Gasteiger partial charge on any atom is -0.442 e. The van der Waals surface area contributed by atoms with Gasteiger partial charge < -0.3 is 4.12 Å². The van der Waals surface area contributed by atoms with Crippen LogP contribution in [0.3, 0.4) is 0 Å². The van der Waals surface area contributed by atoms with Crippen LogP contribution in [0.2, 0.25) is 0 Å². The smallest absolute Gasteiger partial charge is 0.272 e. The van der Waals surface area contributed by atoms with E-state index in [1.165, 1.54) is 31.9 Å². The SMILES string of the molecule is CC(C)(C)c1ccccc1[Si](O[Si](c1ccccc1)c1ccccc1C(C)(C)C)c1ccccc1. The maximum Gasteiger partial charge on any atom is 0.272 e. The van der Waals surface area contributed by atoms with Gasteiger partial charge in [0.05, 0.1) is 0 Å². The van der Waals surface area contributed by atoms with Crippen LogP contribution in [0.5, 0.6) is 0 Å². The lowest BCUT2D eigenvalue weighted by atomic mass is 9.87. The molecule has 0 saturated heterocycles. The van der Waals surface area contributed by atoms with E-state index in [0.29, 0.717) is 0 Å². The van der Waals surface area contributed by atoms with Gasteiger partial charge >= 0.3 is 0 Å². The Morgan fingerprint density at radius 1 is 0.429 bits per heavy atom. The summed E-state index contributed by atoms with van der Waals surface area (Å²) in [5.74, 6) is 0. The molecule has 0 saturated carbocycles. The minimum absolute atomic E-state index is 0.0353. The lowest BCUT2D eigenvalue weighted by Gasteiger charge is -2.31. The van der Waals surface area contributed by atoms with Crippen molar-refractivity contribution in [3.8, 4) is 0 Å². The average Bonchev–Trinajstić information content (AvgIpc) is 2.85. The number of benzene rings is 4. The summed E-state index contributed by atoms with van der Waals surface area (Å²) in [6.07, 6.45) is 0. The van der Waals surface area contributed by atoms with Crippen molar-refractivity contribution < 1.29 is 4.12 Å². The van der Waals surface area contributed by atoms with Crippen LogP contribution in [0.25, 0.3) is 0 Å². The van der Waals surface area contributed by atoms with Gasteiger partial charge in [-0.05, 0) is 42.7 Å². The molecule has 0 bridgehead atoms. The van der Waals surface area contributed by atoms with Gasteiger partial charge in [-0.1, -0.05) is 151 Å². The largest absolute Gasteiger partial charge is 0.442 e. The molecule has 4 aromatic carbocycles. The molecule has 178 valence electrons. The van der Waals surface area contributed by atoms with Crippen LogP contribution < -0.4 is 20.7 Å². The first-order valence-corrected chi connectivity index (χ1v) is 15.2. The van der Waals surface area contributed by atoms with Crippen LogP contribution in [-0.4, -0.2) is 18.1 Å². The number of rotatable bonds is 6. The van der Waals surface area contributed by atoms with Crippen LogP contribution >= 0.6 is 0 Å². The van der Waals surface area contributed by atoms with E-state index in [1.807, 2.05) is 0 Å². The number of hydrogen-bond acceptors (Lipinski definition) is 1. The molecular weight excluding hydrogens is 457 g/mol. The van der Waals surface area contributed by atoms with Crippen molar-refractivity contribution in [3.63, 3.8) is 0 Å². The minimum atomic E-state index is -1.52. The molecule has 0 aliphatic carbocycles. The van der Waals surface area contributed by atoms with E-state index < -0.39 is 18.1 Å². The second kappa shape index (κ2) is 10.5. The summed E-state index contributed by atoms with van der Waals surface area (Å²) in [7, 11) is -3.04. The zero-order valence-electron chi connectivity index (χ0n) is 21.8. The predicted molar refractivity (Wildman–Crippen MR) is 154 cm³/mol. The average molecular weight is 493 g/mol. The molecule has 0 spiro atoms. The predicted octanol–water partition coefficient (Wildman–Crippen LogP) is 5.21. The second-order valence-corrected chi connectivity index (χ2v) is 15.4. The fourth-order valence-electron chi connectivity index (χ4n) is 4.49. The summed E-state index contributed by atoms with van der Waals surface area (Å²) in [6, 6.07) is 39.5. The molecule has 0 amide bonds. The summed E-state index contributed by atoms with van der Waals surface area (Å²) in [5.41, 5.74) is 2.81. The molecule has 3 heteroatoms. The maximum absolute atomic E-state index is 7.47. The van der Waals surface area contributed by atoms with E-state index in [1.54, 1.807) is 0 Å². The van der Waals surface area contributed by atoms with E-state index in [4.69, 9.17) is 4.12 Å². The Labute approximate surface area is 215 Å². The fraction of sp³-hybridized carbons (Fsp3) is 0.250. The Hall–Kier alpha value is -2.73. The van der Waals surface area contributed by atoms with Crippen LogP contribution in [0.4, 0.5) is 0 Å². The molecule has 4 aromatic rings. The molecule has 0 N–H and O–H groups in total. The molecule has 0 aromatic heterocycles. The Morgan fingerprint density at radius 3 is 1.09 bits per heavy atom. The van der Waals surface area contributed by atoms with Crippen LogP contribution in [-0.2, 0) is 14.9 Å². The van der Waals surface area contributed by atoms with Crippen molar-refractivity contribution in [2.75, 3.05) is 0 Å². The van der Waals surface area contributed by atoms with Gasteiger partial charge in [0.25, 0.3) is 18.1 Å². The second-order valence-electron chi connectivity index (χ2n) is 11.1. The lowest BCUT2D eigenvalue weighted by Crippen LogP contribution is -2.58. The van der Waals surface area contributed by atoms with Gasteiger partial charge in [-0.2, -0.15) is 0 Å². The molecule has 0 fully saturated rings. The molecule has 0 aliphatic heterocycles. The molecule has 0 unspecified atom stereocenters. The first-order valence-electron chi connectivity index (χ1n) is 12.4. The molecule has 35 heavy (non-hydrogen) atoms. The monoisotopic (exact) mass is 492 g/mol. The van der Waals surface area contributed by atoms with E-state index in [0.717, 1.165) is 0 Å². The highest BCUT2D eigenvalue weighted by molar-refractivity contribution is 6.92. The third-order valence-corrected chi connectivity index (χ3v) is 11.4. The number of hydrogen-bond donors (Lipinski definition) is 0. The first-order chi connectivity index (χ1) is 16.7. The fourth-order valence-corrected chi connectivity index (χ4v) is 10.6. The normalized spacial score (nSPS) is 12.3. The third kappa shape index (κ3) is 5.92. The van der Waals surface area contributed by atoms with E-state index >= 15 is 0 Å². The topological polar surface area (TPSA) is 9.23 Å². The van der Waals surface area contributed by atoms with E-state index in [2.05, 4.69) is 151 Å². The molecular formula is C32H36OSi2. The van der Waals surface area contributed by atoms with Crippen LogP contribution in [0, 0.1) is 0 Å². The Morgan fingerprint density at radius 2 is 0.743 bits per heavy atom. The van der Waals surface area contributed by atoms with Crippen LogP contribution in [0.15, 0.2) is 109 Å². The Balaban J connectivity index is 1.92. The zero-order chi connectivity index (χ0) is 25.1. The third-order valence-electron chi connectivity index (χ3n) is 6.24. The van der Waals surface area contributed by atoms with Crippen molar-refractivity contribution >= 4 is 38.8 Å². The Kier molecular flexibility index (Phi) is 7.60. The highest BCUT2D eigenvalue weighted by Crippen LogP contribution is 2.23. The summed E-state index contributed by atoms with van der Waals surface area (Å²) in [6.45, 7) is 13.8. The van der Waals surface area contributed by atoms with Gasteiger partial charge in [0.1, 0.15) is 0 Å². The molecule has 2 radical (unpaired) electrons. The van der Waals surface area contributed by atoms with Crippen molar-refractivity contribution in [1.29, 1.82) is 0 Å². The zero-order valence-corrected chi connectivity index (χ0v) is 23.8. The Bertz CT molecular complexity index is 1140. The molecule has 4 rings (SSSR count). The van der Waals surface area contributed by atoms with Gasteiger partial charge in [0.15, 0.2) is 0 Å². The maximum atomic E-state index is 7.47. The van der Waals surface area contributed by atoms with Crippen molar-refractivity contribution in [3.05, 3.63) is 120 Å². The molecule has 0 atom stereocenters. The van der Waals surface area contributed by atoms with Gasteiger partial charge in [-0.25, -0.2) is 0 Å². The molecule has 1 nitrogen and oxygen atoms in total. The highest BCUT2D eigenvalue weighted by Gasteiger charge is 2.34. The van der Waals surface area contributed by atoms with Crippen molar-refractivity contribution in [1.82, 2.24) is 0 Å².